The molecule has 0 amide bonds. The van der Waals surface area contributed by atoms with Crippen LogP contribution >= 0.6 is 0 Å². The van der Waals surface area contributed by atoms with E-state index in [2.05, 4.69) is 28.5 Å². The average Bonchev–Trinajstić information content (AvgIpc) is 3.16. The predicted octanol–water partition coefficient (Wildman–Crippen LogP) is 5.85. The molecule has 8 heteroatoms. The Morgan fingerprint density at radius 3 is 2.56 bits per heavy atom. The number of aryl methyl sites for hydroxylation is 2. The molecule has 2 aliphatic rings. The molecule has 0 fully saturated rings. The number of benzene rings is 1. The minimum absolute atomic E-state index is 0.0204. The summed E-state index contributed by atoms with van der Waals surface area (Å²) in [6.45, 7) is 4.93. The van der Waals surface area contributed by atoms with Crippen LogP contribution < -0.4 is 10.2 Å². The van der Waals surface area contributed by atoms with Crippen LogP contribution in [0.25, 0.3) is 0 Å². The van der Waals surface area contributed by atoms with E-state index in [1.165, 1.54) is 29.8 Å². The first-order chi connectivity index (χ1) is 16.3. The van der Waals surface area contributed by atoms with Gasteiger partial charge >= 0.3 is 6.18 Å². The molecule has 0 saturated carbocycles. The number of fused-ring (bicyclic) bond motifs is 2. The Kier molecular flexibility index (Phi) is 5.91. The molecule has 0 bridgehead atoms. The highest BCUT2D eigenvalue weighted by molar-refractivity contribution is 5.63. The van der Waals surface area contributed by atoms with Gasteiger partial charge in [0.05, 0.1) is 11.3 Å². The fourth-order valence-electron chi connectivity index (χ4n) is 4.85. The highest BCUT2D eigenvalue weighted by Gasteiger charge is 2.36. The van der Waals surface area contributed by atoms with Crippen LogP contribution in [-0.2, 0) is 31.9 Å². The summed E-state index contributed by atoms with van der Waals surface area (Å²) in [6.07, 6.45) is 1.43. The zero-order valence-electron chi connectivity index (χ0n) is 19.4. The van der Waals surface area contributed by atoms with Gasteiger partial charge in [-0.25, -0.2) is 15.0 Å². The summed E-state index contributed by atoms with van der Waals surface area (Å²) in [7, 11) is 0. The molecule has 34 heavy (non-hydrogen) atoms. The van der Waals surface area contributed by atoms with Crippen molar-refractivity contribution >= 4 is 17.3 Å². The third-order valence-electron chi connectivity index (χ3n) is 6.63. The van der Waals surface area contributed by atoms with Crippen LogP contribution in [0.2, 0.25) is 0 Å². The highest BCUT2D eigenvalue weighted by atomic mass is 19.4. The number of nitrogens with one attached hydrogen (secondary N) is 1. The lowest BCUT2D eigenvalue weighted by molar-refractivity contribution is -0.137. The Balaban J connectivity index is 1.48. The Bertz CT molecular complexity index is 1210. The van der Waals surface area contributed by atoms with Crippen molar-refractivity contribution in [1.29, 1.82) is 0 Å². The first-order valence-electron chi connectivity index (χ1n) is 11.9. The normalized spacial score (nSPS) is 15.8. The lowest BCUT2D eigenvalue weighted by Crippen LogP contribution is -2.29. The van der Waals surface area contributed by atoms with Gasteiger partial charge in [-0.3, -0.25) is 0 Å². The van der Waals surface area contributed by atoms with E-state index < -0.39 is 11.7 Å². The van der Waals surface area contributed by atoms with Crippen LogP contribution in [0.1, 0.15) is 60.0 Å². The molecule has 2 aromatic heterocycles. The number of rotatable bonds is 4. The van der Waals surface area contributed by atoms with E-state index in [0.29, 0.717) is 25.9 Å². The van der Waals surface area contributed by atoms with Crippen LogP contribution in [0.5, 0.6) is 0 Å². The van der Waals surface area contributed by atoms with Gasteiger partial charge in [0.25, 0.3) is 0 Å². The summed E-state index contributed by atoms with van der Waals surface area (Å²) in [4.78, 5) is 15.5. The number of nitrogens with zero attached hydrogens (tertiary/aromatic N) is 4. The van der Waals surface area contributed by atoms with Crippen LogP contribution in [0.15, 0.2) is 36.5 Å². The van der Waals surface area contributed by atoms with E-state index in [4.69, 9.17) is 9.97 Å². The number of hydrogen-bond acceptors (Lipinski definition) is 5. The second kappa shape index (κ2) is 8.89. The van der Waals surface area contributed by atoms with Crippen molar-refractivity contribution in [3.05, 3.63) is 70.3 Å². The van der Waals surface area contributed by atoms with Gasteiger partial charge in [-0.15, -0.1) is 0 Å². The number of pyridine rings is 1. The monoisotopic (exact) mass is 467 g/mol. The van der Waals surface area contributed by atoms with Crippen LogP contribution in [0, 0.1) is 0 Å². The summed E-state index contributed by atoms with van der Waals surface area (Å²) in [5.74, 6) is 1.61. The fourth-order valence-corrected chi connectivity index (χ4v) is 4.85. The molecule has 5 rings (SSSR count). The van der Waals surface area contributed by atoms with E-state index in [9.17, 15) is 13.2 Å². The highest BCUT2D eigenvalue weighted by Crippen LogP contribution is 2.36. The molecule has 0 spiro atoms. The van der Waals surface area contributed by atoms with Crippen molar-refractivity contribution in [2.75, 3.05) is 23.3 Å². The molecule has 0 atom stereocenters. The van der Waals surface area contributed by atoms with Crippen molar-refractivity contribution in [3.8, 4) is 0 Å². The summed E-state index contributed by atoms with van der Waals surface area (Å²) < 4.78 is 40.8. The maximum atomic E-state index is 13.6. The van der Waals surface area contributed by atoms with E-state index in [-0.39, 0.29) is 11.7 Å². The second-order valence-corrected chi connectivity index (χ2v) is 9.33. The van der Waals surface area contributed by atoms with E-state index in [1.54, 1.807) is 4.90 Å². The smallest absolute Gasteiger partial charge is 0.355 e. The third kappa shape index (κ3) is 4.45. The number of alkyl halides is 3. The van der Waals surface area contributed by atoms with Crippen molar-refractivity contribution in [2.24, 2.45) is 0 Å². The van der Waals surface area contributed by atoms with Crippen molar-refractivity contribution in [3.63, 3.8) is 0 Å². The maximum absolute atomic E-state index is 13.6. The molecule has 1 aliphatic heterocycles. The van der Waals surface area contributed by atoms with Crippen LogP contribution in [0.3, 0.4) is 0 Å². The Hall–Kier alpha value is -3.16. The molecule has 1 aromatic carbocycles. The predicted molar refractivity (Wildman–Crippen MR) is 127 cm³/mol. The van der Waals surface area contributed by atoms with Gasteiger partial charge in [0.15, 0.2) is 0 Å². The van der Waals surface area contributed by atoms with Crippen molar-refractivity contribution in [2.45, 2.75) is 58.0 Å². The van der Waals surface area contributed by atoms with Gasteiger partial charge < -0.3 is 10.2 Å². The minimum Gasteiger partial charge on any atom is -0.355 e. The van der Waals surface area contributed by atoms with Gasteiger partial charge in [0.2, 0.25) is 0 Å². The molecule has 0 saturated heterocycles. The maximum Gasteiger partial charge on any atom is 0.419 e. The molecule has 1 N–H and O–H groups in total. The average molecular weight is 468 g/mol. The third-order valence-corrected chi connectivity index (χ3v) is 6.63. The lowest BCUT2D eigenvalue weighted by Gasteiger charge is -2.24. The van der Waals surface area contributed by atoms with Gasteiger partial charge in [-0.2, -0.15) is 13.2 Å². The van der Waals surface area contributed by atoms with E-state index in [0.717, 1.165) is 47.5 Å². The zero-order chi connectivity index (χ0) is 23.9. The Labute approximate surface area is 197 Å². The largest absolute Gasteiger partial charge is 0.419 e. The molecular weight excluding hydrogens is 439 g/mol. The number of aromatic nitrogens is 3. The molecule has 0 radical (unpaired) electrons. The number of anilines is 3. The quantitative estimate of drug-likeness (QED) is 0.522. The van der Waals surface area contributed by atoms with Crippen LogP contribution in [0.4, 0.5) is 30.5 Å². The molecule has 178 valence electrons. The topological polar surface area (TPSA) is 53.9 Å². The van der Waals surface area contributed by atoms with Gasteiger partial charge in [-0.1, -0.05) is 19.9 Å². The number of hydrogen-bond donors (Lipinski definition) is 1. The van der Waals surface area contributed by atoms with E-state index in [1.807, 2.05) is 13.8 Å². The second-order valence-electron chi connectivity index (χ2n) is 9.33. The van der Waals surface area contributed by atoms with Gasteiger partial charge in [-0.05, 0) is 61.1 Å². The summed E-state index contributed by atoms with van der Waals surface area (Å²) in [6, 6.07) is 8.88. The minimum atomic E-state index is -4.45. The molecular formula is C26H28F3N5. The summed E-state index contributed by atoms with van der Waals surface area (Å²) in [5.41, 5.74) is 4.93. The Morgan fingerprint density at radius 1 is 0.971 bits per heavy atom. The van der Waals surface area contributed by atoms with Crippen molar-refractivity contribution < 1.29 is 13.2 Å². The molecule has 5 nitrogen and oxygen atoms in total. The van der Waals surface area contributed by atoms with Crippen LogP contribution in [-0.4, -0.2) is 28.0 Å². The zero-order valence-corrected chi connectivity index (χ0v) is 19.4. The summed E-state index contributed by atoms with van der Waals surface area (Å²) in [5, 5.41) is 3.51. The first-order valence-corrected chi connectivity index (χ1v) is 11.9. The van der Waals surface area contributed by atoms with Crippen molar-refractivity contribution in [1.82, 2.24) is 15.0 Å². The van der Waals surface area contributed by atoms with E-state index >= 15 is 0 Å². The summed E-state index contributed by atoms with van der Waals surface area (Å²) >= 11 is 0. The number of halogens is 3. The fraction of sp³-hybridized carbons (Fsp3) is 0.423. The van der Waals surface area contributed by atoms with Gasteiger partial charge in [0, 0.05) is 42.9 Å². The molecule has 3 heterocycles. The first kappa shape index (κ1) is 22.6. The lowest BCUT2D eigenvalue weighted by atomic mass is 10.1. The van der Waals surface area contributed by atoms with Gasteiger partial charge in [0.1, 0.15) is 17.5 Å². The SMILES string of the molecule is CC(C)c1nc2c(c(Nc3ccc4c(c3)CCC4)n1)CCN(c1ncccc1C(F)(F)F)CC2. The molecule has 0 unspecified atom stereocenters. The molecule has 3 aromatic rings. The standard InChI is InChI=1S/C26H28F3N5/c1-16(2)23-32-22-11-14-34(25-21(26(27,28)29)7-4-12-30-25)13-10-20(22)24(33-23)31-19-9-8-17-5-3-6-18(17)15-19/h4,7-9,12,15-16H,3,5-6,10-11,13-14H2,1-2H3,(H,31,32,33). The molecule has 1 aliphatic carbocycles. The Morgan fingerprint density at radius 2 is 1.76 bits per heavy atom.